The van der Waals surface area contributed by atoms with Gasteiger partial charge in [-0.05, 0) is 41.7 Å². The van der Waals surface area contributed by atoms with E-state index in [0.717, 1.165) is 23.2 Å². The topological polar surface area (TPSA) is 42.0 Å². The van der Waals surface area contributed by atoms with Crippen molar-refractivity contribution >= 4 is 40.1 Å². The van der Waals surface area contributed by atoms with E-state index in [-0.39, 0.29) is 5.91 Å². The Morgan fingerprint density at radius 1 is 1.26 bits per heavy atom. The first kappa shape index (κ1) is 19.3. The molecule has 0 aliphatic carbocycles. The van der Waals surface area contributed by atoms with E-state index in [1.807, 2.05) is 17.5 Å². The molecule has 27 heavy (non-hydrogen) atoms. The summed E-state index contributed by atoms with van der Waals surface area (Å²) in [5.41, 5.74) is 4.12. The molecule has 3 rings (SSSR count). The van der Waals surface area contributed by atoms with Gasteiger partial charge in [0.05, 0.1) is 5.69 Å². The van der Waals surface area contributed by atoms with Crippen molar-refractivity contribution in [3.63, 3.8) is 0 Å². The van der Waals surface area contributed by atoms with Crippen LogP contribution in [-0.4, -0.2) is 10.9 Å². The zero-order valence-electron chi connectivity index (χ0n) is 15.3. The van der Waals surface area contributed by atoms with Crippen molar-refractivity contribution in [1.82, 2.24) is 4.98 Å². The standard InChI is InChI=1S/C22H21ClN2OS/c1-3-15(2)17-8-10-18(11-9-17)20-14-27-22(24-20)25-21(26)12-7-16-5-4-6-19(23)13-16/h4-15H,3H2,1-2H3,(H,24,25,26)/b12-7+. The summed E-state index contributed by atoms with van der Waals surface area (Å²) in [6.07, 6.45) is 4.33. The van der Waals surface area contributed by atoms with Gasteiger partial charge in [-0.15, -0.1) is 11.3 Å². The van der Waals surface area contributed by atoms with Crippen LogP contribution in [0.2, 0.25) is 5.02 Å². The van der Waals surface area contributed by atoms with Gasteiger partial charge in [-0.2, -0.15) is 0 Å². The number of amides is 1. The Bertz CT molecular complexity index is 947. The van der Waals surface area contributed by atoms with Crippen LogP contribution in [0.25, 0.3) is 17.3 Å². The average Bonchev–Trinajstić information content (AvgIpc) is 3.14. The van der Waals surface area contributed by atoms with Crippen LogP contribution in [0, 0.1) is 0 Å². The largest absolute Gasteiger partial charge is 0.298 e. The molecule has 1 aromatic heterocycles. The normalized spacial score (nSPS) is 12.3. The van der Waals surface area contributed by atoms with Crippen LogP contribution in [0.5, 0.6) is 0 Å². The number of carbonyl (C=O) groups excluding carboxylic acids is 1. The highest BCUT2D eigenvalue weighted by Crippen LogP contribution is 2.27. The molecule has 1 amide bonds. The third-order valence-electron chi connectivity index (χ3n) is 4.40. The van der Waals surface area contributed by atoms with Crippen molar-refractivity contribution in [2.75, 3.05) is 5.32 Å². The summed E-state index contributed by atoms with van der Waals surface area (Å²) in [4.78, 5) is 16.6. The van der Waals surface area contributed by atoms with Crippen LogP contribution < -0.4 is 5.32 Å². The lowest BCUT2D eigenvalue weighted by Crippen LogP contribution is -2.07. The molecule has 0 spiro atoms. The van der Waals surface area contributed by atoms with Crippen LogP contribution in [0.15, 0.2) is 60.0 Å². The number of halogens is 1. The number of benzene rings is 2. The zero-order valence-corrected chi connectivity index (χ0v) is 16.8. The molecule has 3 aromatic rings. The highest BCUT2D eigenvalue weighted by molar-refractivity contribution is 7.14. The minimum absolute atomic E-state index is 0.219. The summed E-state index contributed by atoms with van der Waals surface area (Å²) in [5.74, 6) is 0.332. The third-order valence-corrected chi connectivity index (χ3v) is 5.39. The Balaban J connectivity index is 1.64. The van der Waals surface area contributed by atoms with Gasteiger partial charge in [0.15, 0.2) is 5.13 Å². The lowest BCUT2D eigenvalue weighted by atomic mass is 9.97. The van der Waals surface area contributed by atoms with Crippen molar-refractivity contribution in [3.05, 3.63) is 76.1 Å². The highest BCUT2D eigenvalue weighted by Gasteiger charge is 2.08. The van der Waals surface area contributed by atoms with E-state index in [4.69, 9.17) is 11.6 Å². The summed E-state index contributed by atoms with van der Waals surface area (Å²) < 4.78 is 0. The number of hydrogen-bond donors (Lipinski definition) is 1. The number of hydrogen-bond acceptors (Lipinski definition) is 3. The molecule has 1 atom stereocenters. The molecule has 0 aliphatic heterocycles. The van der Waals surface area contributed by atoms with Crippen LogP contribution in [0.3, 0.4) is 0 Å². The lowest BCUT2D eigenvalue weighted by Gasteiger charge is -2.08. The number of aromatic nitrogens is 1. The number of nitrogens with one attached hydrogen (secondary N) is 1. The van der Waals surface area contributed by atoms with Gasteiger partial charge in [0.1, 0.15) is 0 Å². The smallest absolute Gasteiger partial charge is 0.250 e. The molecule has 1 N–H and O–H groups in total. The Morgan fingerprint density at radius 2 is 2.04 bits per heavy atom. The van der Waals surface area contributed by atoms with Gasteiger partial charge in [-0.3, -0.25) is 10.1 Å². The van der Waals surface area contributed by atoms with Gasteiger partial charge in [0, 0.05) is 22.0 Å². The Morgan fingerprint density at radius 3 is 2.74 bits per heavy atom. The zero-order chi connectivity index (χ0) is 19.2. The molecule has 0 bridgehead atoms. The molecule has 0 fully saturated rings. The molecule has 0 aliphatic rings. The summed E-state index contributed by atoms with van der Waals surface area (Å²) in [6, 6.07) is 15.8. The van der Waals surface area contributed by atoms with Crippen molar-refractivity contribution in [1.29, 1.82) is 0 Å². The van der Waals surface area contributed by atoms with Crippen LogP contribution >= 0.6 is 22.9 Å². The summed E-state index contributed by atoms with van der Waals surface area (Å²) in [6.45, 7) is 4.41. The maximum Gasteiger partial charge on any atom is 0.250 e. The number of thiazole rings is 1. The maximum atomic E-state index is 12.1. The predicted molar refractivity (Wildman–Crippen MR) is 115 cm³/mol. The summed E-state index contributed by atoms with van der Waals surface area (Å²) in [7, 11) is 0. The fourth-order valence-corrected chi connectivity index (χ4v) is 3.53. The fraction of sp³-hybridized carbons (Fsp3) is 0.182. The molecule has 3 nitrogen and oxygen atoms in total. The maximum absolute atomic E-state index is 12.1. The van der Waals surface area contributed by atoms with E-state index in [1.54, 1.807) is 18.2 Å². The van der Waals surface area contributed by atoms with Crippen molar-refractivity contribution < 1.29 is 4.79 Å². The minimum atomic E-state index is -0.219. The highest BCUT2D eigenvalue weighted by atomic mass is 35.5. The molecule has 2 aromatic carbocycles. The summed E-state index contributed by atoms with van der Waals surface area (Å²) >= 11 is 7.36. The first-order valence-corrected chi connectivity index (χ1v) is 10.1. The van der Waals surface area contributed by atoms with E-state index in [2.05, 4.69) is 48.4 Å². The van der Waals surface area contributed by atoms with E-state index >= 15 is 0 Å². The number of anilines is 1. The second-order valence-electron chi connectivity index (χ2n) is 6.35. The molecular formula is C22H21ClN2OS. The first-order valence-electron chi connectivity index (χ1n) is 8.85. The molecule has 5 heteroatoms. The van der Waals surface area contributed by atoms with Crippen LogP contribution in [-0.2, 0) is 4.79 Å². The molecule has 0 saturated carbocycles. The van der Waals surface area contributed by atoms with Gasteiger partial charge in [-0.25, -0.2) is 4.98 Å². The molecule has 1 unspecified atom stereocenters. The molecule has 138 valence electrons. The van der Waals surface area contributed by atoms with Gasteiger partial charge < -0.3 is 0 Å². The van der Waals surface area contributed by atoms with Gasteiger partial charge in [0.25, 0.3) is 0 Å². The van der Waals surface area contributed by atoms with Crippen molar-refractivity contribution in [2.45, 2.75) is 26.2 Å². The minimum Gasteiger partial charge on any atom is -0.298 e. The van der Waals surface area contributed by atoms with E-state index in [9.17, 15) is 4.79 Å². The third kappa shape index (κ3) is 5.28. The van der Waals surface area contributed by atoms with E-state index in [1.165, 1.54) is 23.0 Å². The van der Waals surface area contributed by atoms with Crippen LogP contribution in [0.4, 0.5) is 5.13 Å². The lowest BCUT2D eigenvalue weighted by molar-refractivity contribution is -0.111. The molecule has 1 heterocycles. The monoisotopic (exact) mass is 396 g/mol. The predicted octanol–water partition coefficient (Wildman–Crippen LogP) is 6.63. The van der Waals surface area contributed by atoms with Gasteiger partial charge in [-0.1, -0.05) is 61.8 Å². The Labute approximate surface area is 168 Å². The number of nitrogens with zero attached hydrogens (tertiary/aromatic N) is 1. The molecule has 0 radical (unpaired) electrons. The van der Waals surface area contributed by atoms with Crippen LogP contribution in [0.1, 0.15) is 37.3 Å². The quantitative estimate of drug-likeness (QED) is 0.475. The van der Waals surface area contributed by atoms with E-state index in [0.29, 0.717) is 16.1 Å². The molecular weight excluding hydrogens is 376 g/mol. The number of rotatable bonds is 6. The van der Waals surface area contributed by atoms with Gasteiger partial charge >= 0.3 is 0 Å². The van der Waals surface area contributed by atoms with Crippen molar-refractivity contribution in [2.24, 2.45) is 0 Å². The van der Waals surface area contributed by atoms with Gasteiger partial charge in [0.2, 0.25) is 5.91 Å². The van der Waals surface area contributed by atoms with E-state index < -0.39 is 0 Å². The van der Waals surface area contributed by atoms with Crippen molar-refractivity contribution in [3.8, 4) is 11.3 Å². The first-order chi connectivity index (χ1) is 13.0. The second-order valence-corrected chi connectivity index (χ2v) is 7.64. The summed E-state index contributed by atoms with van der Waals surface area (Å²) in [5, 5.41) is 5.98. The Hall–Kier alpha value is -2.43. The average molecular weight is 397 g/mol. The SMILES string of the molecule is CCC(C)c1ccc(-c2csc(NC(=O)/C=C/c3cccc(Cl)c3)n2)cc1. The fourth-order valence-electron chi connectivity index (χ4n) is 2.61. The second kappa shape index (κ2) is 8.98. The molecule has 0 saturated heterocycles. The Kier molecular flexibility index (Phi) is 6.43. The number of carbonyl (C=O) groups is 1.